The molecule has 2 aliphatic rings. The number of hydrogen-bond acceptors (Lipinski definition) is 2. The Kier molecular flexibility index (Phi) is 3.72. The van der Waals surface area contributed by atoms with Crippen LogP contribution in [0.2, 0.25) is 0 Å². The van der Waals surface area contributed by atoms with Crippen molar-refractivity contribution in [2.45, 2.75) is 37.8 Å². The summed E-state index contributed by atoms with van der Waals surface area (Å²) in [6.07, 6.45) is 4.86. The van der Waals surface area contributed by atoms with Crippen molar-refractivity contribution < 1.29 is 4.74 Å². The third-order valence-electron chi connectivity index (χ3n) is 4.56. The molecule has 2 atom stereocenters. The van der Waals surface area contributed by atoms with E-state index in [1.54, 1.807) is 0 Å². The summed E-state index contributed by atoms with van der Waals surface area (Å²) in [5, 5.41) is 0. The maximum absolute atomic E-state index is 6.03. The molecule has 1 aromatic carbocycles. The minimum Gasteiger partial charge on any atom is -0.376 e. The van der Waals surface area contributed by atoms with Gasteiger partial charge in [0.25, 0.3) is 0 Å². The van der Waals surface area contributed by atoms with E-state index < -0.39 is 0 Å². The van der Waals surface area contributed by atoms with Crippen molar-refractivity contribution in [3.63, 3.8) is 0 Å². The molecule has 4 rings (SSSR count). The van der Waals surface area contributed by atoms with Gasteiger partial charge in [0.05, 0.1) is 23.2 Å². The summed E-state index contributed by atoms with van der Waals surface area (Å²) in [6.45, 7) is 0.861. The first-order chi connectivity index (χ1) is 10.3. The summed E-state index contributed by atoms with van der Waals surface area (Å²) < 4.78 is 9.53. The molecule has 3 nitrogen and oxygen atoms in total. The Morgan fingerprint density at radius 3 is 2.95 bits per heavy atom. The monoisotopic (exact) mass is 368 g/mol. The molecule has 0 spiro atoms. The first-order valence-electron chi connectivity index (χ1n) is 7.62. The first-order valence-corrected chi connectivity index (χ1v) is 8.94. The number of hydrogen-bond donors (Lipinski definition) is 0. The Hall–Kier alpha value is -0.580. The molecule has 2 aromatic rings. The van der Waals surface area contributed by atoms with E-state index in [0.29, 0.717) is 18.0 Å². The molecule has 0 N–H and O–H groups in total. The second-order valence-electron chi connectivity index (χ2n) is 6.00. The largest absolute Gasteiger partial charge is 0.376 e. The summed E-state index contributed by atoms with van der Waals surface area (Å²) in [4.78, 5) is 4.80. The molecular weight excluding hydrogens is 352 g/mol. The van der Waals surface area contributed by atoms with Gasteiger partial charge in [-0.3, -0.25) is 0 Å². The zero-order valence-electron chi connectivity index (χ0n) is 11.8. The van der Waals surface area contributed by atoms with Gasteiger partial charge in [-0.15, -0.1) is 11.6 Å². The number of imidazole rings is 1. The van der Waals surface area contributed by atoms with Crippen LogP contribution in [0.25, 0.3) is 11.0 Å². The number of halogens is 2. The van der Waals surface area contributed by atoms with Crippen LogP contribution in [0.15, 0.2) is 22.7 Å². The summed E-state index contributed by atoms with van der Waals surface area (Å²) in [7, 11) is 0. The van der Waals surface area contributed by atoms with Gasteiger partial charge < -0.3 is 9.30 Å². The van der Waals surface area contributed by atoms with Crippen LogP contribution in [0, 0.1) is 5.92 Å². The summed E-state index contributed by atoms with van der Waals surface area (Å²) in [5.74, 6) is 2.44. The molecule has 0 bridgehead atoms. The quantitative estimate of drug-likeness (QED) is 0.751. The Balaban J connectivity index is 1.84. The third-order valence-corrected chi connectivity index (χ3v) is 5.25. The standard InChI is InChI=1S/C16H18BrClN2O/c17-11-3-4-12-14(9-11)20(15(19-12)5-7-18)13-6-8-21-16(13)10-1-2-10/h3-4,9-10,13,16H,1-2,5-8H2. The average Bonchev–Trinajstić information content (AvgIpc) is 3.10. The normalized spacial score (nSPS) is 25.8. The SMILES string of the molecule is ClCCc1nc2ccc(Br)cc2n1C1CCOC1C1CC1. The molecule has 0 radical (unpaired) electrons. The van der Waals surface area contributed by atoms with E-state index in [2.05, 4.69) is 32.6 Å². The van der Waals surface area contributed by atoms with Gasteiger partial charge in [0, 0.05) is 23.4 Å². The van der Waals surface area contributed by atoms with E-state index >= 15 is 0 Å². The second-order valence-corrected chi connectivity index (χ2v) is 7.29. The lowest BCUT2D eigenvalue weighted by Gasteiger charge is -2.22. The molecule has 112 valence electrons. The number of alkyl halides is 1. The number of rotatable bonds is 4. The lowest BCUT2D eigenvalue weighted by Crippen LogP contribution is -2.23. The number of fused-ring (bicyclic) bond motifs is 1. The van der Waals surface area contributed by atoms with Crippen LogP contribution in [0.3, 0.4) is 0 Å². The number of aryl methyl sites for hydroxylation is 1. The predicted octanol–water partition coefficient (Wildman–Crippen LogP) is 4.32. The van der Waals surface area contributed by atoms with Crippen molar-refractivity contribution in [2.24, 2.45) is 5.92 Å². The molecule has 1 aliphatic heterocycles. The van der Waals surface area contributed by atoms with E-state index in [9.17, 15) is 0 Å². The van der Waals surface area contributed by atoms with Crippen molar-refractivity contribution in [3.05, 3.63) is 28.5 Å². The van der Waals surface area contributed by atoms with E-state index in [1.165, 1.54) is 18.4 Å². The maximum atomic E-state index is 6.03. The zero-order chi connectivity index (χ0) is 14.4. The van der Waals surface area contributed by atoms with E-state index in [1.807, 2.05) is 6.07 Å². The van der Waals surface area contributed by atoms with Gasteiger partial charge in [-0.2, -0.15) is 0 Å². The highest BCUT2D eigenvalue weighted by Crippen LogP contribution is 2.44. The Morgan fingerprint density at radius 2 is 2.19 bits per heavy atom. The van der Waals surface area contributed by atoms with Crippen molar-refractivity contribution in [3.8, 4) is 0 Å². The molecule has 5 heteroatoms. The fourth-order valence-corrected chi connectivity index (χ4v) is 4.02. The molecule has 2 heterocycles. The highest BCUT2D eigenvalue weighted by Gasteiger charge is 2.42. The lowest BCUT2D eigenvalue weighted by molar-refractivity contribution is 0.0753. The maximum Gasteiger partial charge on any atom is 0.111 e. The molecule has 2 unspecified atom stereocenters. The highest BCUT2D eigenvalue weighted by molar-refractivity contribution is 9.10. The number of aromatic nitrogens is 2. The summed E-state index contributed by atoms with van der Waals surface area (Å²) in [6, 6.07) is 6.71. The Labute approximate surface area is 137 Å². The van der Waals surface area contributed by atoms with Crippen molar-refractivity contribution >= 4 is 38.6 Å². The van der Waals surface area contributed by atoms with Crippen LogP contribution in [0.4, 0.5) is 0 Å². The first kappa shape index (κ1) is 14.0. The minimum atomic E-state index is 0.357. The fraction of sp³-hybridized carbons (Fsp3) is 0.562. The fourth-order valence-electron chi connectivity index (χ4n) is 3.50. The van der Waals surface area contributed by atoms with E-state index in [-0.39, 0.29) is 0 Å². The molecule has 0 amide bonds. The molecule has 1 saturated heterocycles. The molecular formula is C16H18BrClN2O. The number of ether oxygens (including phenoxy) is 1. The van der Waals surface area contributed by atoms with Gasteiger partial charge in [-0.05, 0) is 43.4 Å². The van der Waals surface area contributed by atoms with E-state index in [4.69, 9.17) is 21.3 Å². The number of nitrogens with zero attached hydrogens (tertiary/aromatic N) is 2. The summed E-state index contributed by atoms with van der Waals surface area (Å²) >= 11 is 9.57. The van der Waals surface area contributed by atoms with Crippen molar-refractivity contribution in [1.82, 2.24) is 9.55 Å². The van der Waals surface area contributed by atoms with Crippen molar-refractivity contribution in [2.75, 3.05) is 12.5 Å². The zero-order valence-corrected chi connectivity index (χ0v) is 14.1. The minimum absolute atomic E-state index is 0.357. The van der Waals surface area contributed by atoms with Crippen molar-refractivity contribution in [1.29, 1.82) is 0 Å². The van der Waals surface area contributed by atoms with Gasteiger partial charge in [0.15, 0.2) is 0 Å². The molecule has 1 aliphatic carbocycles. The van der Waals surface area contributed by atoms with Gasteiger partial charge >= 0.3 is 0 Å². The van der Waals surface area contributed by atoms with Gasteiger partial charge in [-0.1, -0.05) is 15.9 Å². The average molecular weight is 370 g/mol. The van der Waals surface area contributed by atoms with Crippen LogP contribution >= 0.6 is 27.5 Å². The molecule has 1 aromatic heterocycles. The van der Waals surface area contributed by atoms with Gasteiger partial charge in [0.1, 0.15) is 5.82 Å². The van der Waals surface area contributed by atoms with Crippen LogP contribution in [-0.2, 0) is 11.2 Å². The smallest absolute Gasteiger partial charge is 0.111 e. The Morgan fingerprint density at radius 1 is 1.33 bits per heavy atom. The second kappa shape index (κ2) is 5.56. The summed E-state index contributed by atoms with van der Waals surface area (Å²) in [5.41, 5.74) is 2.26. The topological polar surface area (TPSA) is 27.1 Å². The Bertz CT molecular complexity index is 668. The highest BCUT2D eigenvalue weighted by atomic mass is 79.9. The van der Waals surface area contributed by atoms with Gasteiger partial charge in [0.2, 0.25) is 0 Å². The molecule has 21 heavy (non-hydrogen) atoms. The molecule has 1 saturated carbocycles. The van der Waals surface area contributed by atoms with Gasteiger partial charge in [-0.25, -0.2) is 4.98 Å². The predicted molar refractivity (Wildman–Crippen MR) is 88.0 cm³/mol. The third kappa shape index (κ3) is 2.51. The van der Waals surface area contributed by atoms with Crippen LogP contribution in [0.1, 0.15) is 31.1 Å². The van der Waals surface area contributed by atoms with Crippen LogP contribution in [0.5, 0.6) is 0 Å². The van der Waals surface area contributed by atoms with E-state index in [0.717, 1.165) is 41.2 Å². The van der Waals surface area contributed by atoms with Crippen LogP contribution < -0.4 is 0 Å². The number of benzene rings is 1. The lowest BCUT2D eigenvalue weighted by atomic mass is 10.1. The molecule has 2 fully saturated rings. The van der Waals surface area contributed by atoms with Crippen LogP contribution in [-0.4, -0.2) is 28.1 Å².